The van der Waals surface area contributed by atoms with Gasteiger partial charge in [-0.1, -0.05) is 27.7 Å². The second-order valence-corrected chi connectivity index (χ2v) is 6.95. The SMILES string of the molecule is CC1CC2C(=O)N(C(CN)C(C)(C)C)C(=O)C2C1. The summed E-state index contributed by atoms with van der Waals surface area (Å²) in [6.07, 6.45) is 1.71. The average Bonchev–Trinajstić information content (AvgIpc) is 2.72. The summed E-state index contributed by atoms with van der Waals surface area (Å²) in [5.41, 5.74) is 5.63. The molecule has 0 spiro atoms. The molecule has 4 heteroatoms. The third kappa shape index (κ3) is 1.96. The van der Waals surface area contributed by atoms with E-state index in [9.17, 15) is 9.59 Å². The minimum atomic E-state index is -0.182. The fourth-order valence-electron chi connectivity index (χ4n) is 3.46. The Morgan fingerprint density at radius 3 is 2.00 bits per heavy atom. The van der Waals surface area contributed by atoms with Gasteiger partial charge in [-0.25, -0.2) is 0 Å². The molecular formula is C14H24N2O2. The summed E-state index contributed by atoms with van der Waals surface area (Å²) < 4.78 is 0. The molecule has 3 atom stereocenters. The van der Waals surface area contributed by atoms with Crippen LogP contribution in [0.15, 0.2) is 0 Å². The lowest BCUT2D eigenvalue weighted by Crippen LogP contribution is -2.52. The Morgan fingerprint density at radius 2 is 1.67 bits per heavy atom. The molecule has 4 nitrogen and oxygen atoms in total. The number of imide groups is 1. The second-order valence-electron chi connectivity index (χ2n) is 6.95. The smallest absolute Gasteiger partial charge is 0.233 e. The maximum absolute atomic E-state index is 12.4. The molecule has 1 saturated carbocycles. The molecule has 2 amide bonds. The summed E-state index contributed by atoms with van der Waals surface area (Å²) in [4.78, 5) is 26.4. The number of carbonyl (C=O) groups is 2. The van der Waals surface area contributed by atoms with Crippen LogP contribution >= 0.6 is 0 Å². The molecule has 2 N–H and O–H groups in total. The van der Waals surface area contributed by atoms with Crippen molar-refractivity contribution in [1.29, 1.82) is 0 Å². The molecule has 1 aliphatic carbocycles. The monoisotopic (exact) mass is 252 g/mol. The van der Waals surface area contributed by atoms with E-state index < -0.39 is 0 Å². The number of nitrogens with zero attached hydrogens (tertiary/aromatic N) is 1. The Kier molecular flexibility index (Phi) is 3.26. The lowest BCUT2D eigenvalue weighted by Gasteiger charge is -2.36. The molecule has 2 rings (SSSR count). The minimum Gasteiger partial charge on any atom is -0.328 e. The van der Waals surface area contributed by atoms with Crippen LogP contribution in [0.4, 0.5) is 0 Å². The predicted molar refractivity (Wildman–Crippen MR) is 69.5 cm³/mol. The Hall–Kier alpha value is -0.900. The van der Waals surface area contributed by atoms with Crippen LogP contribution in [0.1, 0.15) is 40.5 Å². The number of hydrogen-bond acceptors (Lipinski definition) is 3. The van der Waals surface area contributed by atoms with E-state index in [1.807, 2.05) is 20.8 Å². The zero-order chi connectivity index (χ0) is 13.7. The quantitative estimate of drug-likeness (QED) is 0.755. The molecule has 2 aliphatic rings. The molecule has 0 bridgehead atoms. The molecule has 18 heavy (non-hydrogen) atoms. The summed E-state index contributed by atoms with van der Waals surface area (Å²) >= 11 is 0. The zero-order valence-electron chi connectivity index (χ0n) is 11.8. The predicted octanol–water partition coefficient (Wildman–Crippen LogP) is 1.39. The van der Waals surface area contributed by atoms with Crippen molar-refractivity contribution in [1.82, 2.24) is 4.90 Å². The number of rotatable bonds is 2. The molecule has 102 valence electrons. The minimum absolute atomic E-state index is 0.0136. The van der Waals surface area contributed by atoms with E-state index in [1.54, 1.807) is 0 Å². The lowest BCUT2D eigenvalue weighted by atomic mass is 9.85. The number of nitrogens with two attached hydrogens (primary N) is 1. The highest BCUT2D eigenvalue weighted by Crippen LogP contribution is 2.44. The van der Waals surface area contributed by atoms with Crippen molar-refractivity contribution in [3.63, 3.8) is 0 Å². The normalized spacial score (nSPS) is 34.1. The lowest BCUT2D eigenvalue weighted by molar-refractivity contribution is -0.145. The van der Waals surface area contributed by atoms with Crippen molar-refractivity contribution in [2.45, 2.75) is 46.6 Å². The molecule has 1 saturated heterocycles. The van der Waals surface area contributed by atoms with Crippen molar-refractivity contribution in [3.05, 3.63) is 0 Å². The van der Waals surface area contributed by atoms with E-state index in [0.717, 1.165) is 12.8 Å². The second kappa shape index (κ2) is 4.34. The number of fused-ring (bicyclic) bond motifs is 1. The third-order valence-corrected chi connectivity index (χ3v) is 4.44. The van der Waals surface area contributed by atoms with Gasteiger partial charge in [0.2, 0.25) is 11.8 Å². The van der Waals surface area contributed by atoms with E-state index in [4.69, 9.17) is 5.73 Å². The van der Waals surface area contributed by atoms with Gasteiger partial charge in [0, 0.05) is 6.54 Å². The van der Waals surface area contributed by atoms with Crippen LogP contribution in [0.2, 0.25) is 0 Å². The number of amides is 2. The van der Waals surface area contributed by atoms with Gasteiger partial charge in [-0.05, 0) is 24.2 Å². The number of carbonyl (C=O) groups excluding carboxylic acids is 2. The fraction of sp³-hybridized carbons (Fsp3) is 0.857. The van der Waals surface area contributed by atoms with Gasteiger partial charge in [0.05, 0.1) is 17.9 Å². The van der Waals surface area contributed by atoms with Gasteiger partial charge in [-0.2, -0.15) is 0 Å². The highest BCUT2D eigenvalue weighted by atomic mass is 16.2. The van der Waals surface area contributed by atoms with Gasteiger partial charge in [0.15, 0.2) is 0 Å². The summed E-state index contributed by atoms with van der Waals surface area (Å²) in [7, 11) is 0. The van der Waals surface area contributed by atoms with Crippen LogP contribution in [-0.4, -0.2) is 29.3 Å². The summed E-state index contributed by atoms with van der Waals surface area (Å²) in [5.74, 6) is 0.355. The van der Waals surface area contributed by atoms with E-state index in [1.165, 1.54) is 4.90 Å². The maximum Gasteiger partial charge on any atom is 0.233 e. The van der Waals surface area contributed by atoms with Crippen molar-refractivity contribution in [2.24, 2.45) is 28.9 Å². The average molecular weight is 252 g/mol. The summed E-state index contributed by atoms with van der Waals surface area (Å²) in [5, 5.41) is 0. The molecule has 0 radical (unpaired) electrons. The van der Waals surface area contributed by atoms with Gasteiger partial charge in [0.25, 0.3) is 0 Å². The highest BCUT2D eigenvalue weighted by Gasteiger charge is 2.54. The topological polar surface area (TPSA) is 63.4 Å². The molecule has 0 aromatic carbocycles. The summed E-state index contributed by atoms with van der Waals surface area (Å²) in [6, 6.07) is -0.182. The molecular weight excluding hydrogens is 228 g/mol. The Labute approximate surface area is 109 Å². The van der Waals surface area contributed by atoms with E-state index >= 15 is 0 Å². The van der Waals surface area contributed by atoms with Crippen molar-refractivity contribution in [3.8, 4) is 0 Å². The zero-order valence-corrected chi connectivity index (χ0v) is 11.8. The molecule has 0 aromatic rings. The van der Waals surface area contributed by atoms with Crippen LogP contribution in [0, 0.1) is 23.2 Å². The summed E-state index contributed by atoms with van der Waals surface area (Å²) in [6.45, 7) is 8.55. The standard InChI is InChI=1S/C14H24N2O2/c1-8-5-9-10(6-8)13(18)16(12(9)17)11(7-15)14(2,3)4/h8-11H,5-7,15H2,1-4H3. The van der Waals surface area contributed by atoms with Crippen LogP contribution in [0.3, 0.4) is 0 Å². The van der Waals surface area contributed by atoms with Crippen LogP contribution < -0.4 is 5.73 Å². The molecule has 1 heterocycles. The number of likely N-dealkylation sites (tertiary alicyclic amines) is 1. The first-order valence-corrected chi connectivity index (χ1v) is 6.84. The first-order chi connectivity index (χ1) is 8.27. The third-order valence-electron chi connectivity index (χ3n) is 4.44. The van der Waals surface area contributed by atoms with Crippen molar-refractivity contribution < 1.29 is 9.59 Å². The van der Waals surface area contributed by atoms with Crippen molar-refractivity contribution >= 4 is 11.8 Å². The van der Waals surface area contributed by atoms with Crippen LogP contribution in [-0.2, 0) is 9.59 Å². The number of hydrogen-bond donors (Lipinski definition) is 1. The van der Waals surface area contributed by atoms with Crippen LogP contribution in [0.25, 0.3) is 0 Å². The Bertz CT molecular complexity index is 348. The fourth-order valence-corrected chi connectivity index (χ4v) is 3.46. The Balaban J connectivity index is 2.26. The van der Waals surface area contributed by atoms with E-state index in [0.29, 0.717) is 12.5 Å². The van der Waals surface area contributed by atoms with E-state index in [-0.39, 0.29) is 35.1 Å². The largest absolute Gasteiger partial charge is 0.328 e. The van der Waals surface area contributed by atoms with Crippen LogP contribution in [0.5, 0.6) is 0 Å². The van der Waals surface area contributed by atoms with Gasteiger partial charge >= 0.3 is 0 Å². The first kappa shape index (κ1) is 13.5. The maximum atomic E-state index is 12.4. The van der Waals surface area contributed by atoms with Gasteiger partial charge < -0.3 is 5.73 Å². The van der Waals surface area contributed by atoms with Gasteiger partial charge in [-0.3, -0.25) is 14.5 Å². The molecule has 3 unspecified atom stereocenters. The Morgan fingerprint density at radius 1 is 1.22 bits per heavy atom. The molecule has 0 aromatic heterocycles. The van der Waals surface area contributed by atoms with Gasteiger partial charge in [0.1, 0.15) is 0 Å². The van der Waals surface area contributed by atoms with E-state index in [2.05, 4.69) is 6.92 Å². The van der Waals surface area contributed by atoms with Gasteiger partial charge in [-0.15, -0.1) is 0 Å². The van der Waals surface area contributed by atoms with Crippen molar-refractivity contribution in [2.75, 3.05) is 6.54 Å². The molecule has 2 fully saturated rings. The first-order valence-electron chi connectivity index (χ1n) is 6.84. The highest BCUT2D eigenvalue weighted by molar-refractivity contribution is 6.05. The molecule has 1 aliphatic heterocycles.